The molecular weight excluding hydrogens is 260 g/mol. The first kappa shape index (κ1) is 15.6. The zero-order chi connectivity index (χ0) is 14.3. The van der Waals surface area contributed by atoms with Gasteiger partial charge < -0.3 is 5.11 Å². The molecule has 1 aromatic rings. The zero-order valence-corrected chi connectivity index (χ0v) is 12.1. The monoisotopic (exact) mass is 280 g/mol. The average molecular weight is 280 g/mol. The highest BCUT2D eigenvalue weighted by molar-refractivity contribution is 7.11. The number of carboxylic acids is 1. The number of hydrogen-bond donors (Lipinski definition) is 1. The molecule has 1 heterocycles. The maximum atomic E-state index is 10.9. The van der Waals surface area contributed by atoms with E-state index in [1.54, 1.807) is 11.3 Å². The fraction of sp³-hybridized carbons (Fsp3) is 0.429. The Morgan fingerprint density at radius 3 is 2.53 bits per heavy atom. The highest BCUT2D eigenvalue weighted by atomic mass is 32.1. The van der Waals surface area contributed by atoms with Crippen LogP contribution in [0.15, 0.2) is 25.3 Å². The van der Waals surface area contributed by atoms with Crippen LogP contribution in [0.3, 0.4) is 0 Å². The highest BCUT2D eigenvalue weighted by Gasteiger charge is 2.15. The van der Waals surface area contributed by atoms with Crippen LogP contribution in [0.1, 0.15) is 22.5 Å². The maximum Gasteiger partial charge on any atom is 0.309 e. The summed E-state index contributed by atoms with van der Waals surface area (Å²) in [5, 5.41) is 9.92. The molecule has 0 bridgehead atoms. The van der Waals surface area contributed by atoms with Crippen molar-refractivity contribution in [3.63, 3.8) is 0 Å². The topological polar surface area (TPSA) is 53.4 Å². The highest BCUT2D eigenvalue weighted by Crippen LogP contribution is 2.21. The second-order valence-electron chi connectivity index (χ2n) is 4.17. The van der Waals surface area contributed by atoms with Crippen LogP contribution in [0.5, 0.6) is 0 Å². The summed E-state index contributed by atoms with van der Waals surface area (Å²) in [6.45, 7) is 11.7. The number of aryl methyl sites for hydroxylation is 1. The van der Waals surface area contributed by atoms with Gasteiger partial charge in [0, 0.05) is 24.5 Å². The first-order valence-corrected chi connectivity index (χ1v) is 7.05. The number of nitrogens with zero attached hydrogens (tertiary/aromatic N) is 2. The van der Waals surface area contributed by atoms with E-state index in [0.717, 1.165) is 29.4 Å². The lowest BCUT2D eigenvalue weighted by Crippen LogP contribution is -2.23. The molecule has 1 N–H and O–H groups in total. The Balaban J connectivity index is 2.89. The van der Waals surface area contributed by atoms with Gasteiger partial charge in [-0.15, -0.1) is 24.5 Å². The van der Waals surface area contributed by atoms with Crippen molar-refractivity contribution in [2.45, 2.75) is 26.3 Å². The molecule has 0 aromatic carbocycles. The van der Waals surface area contributed by atoms with Crippen molar-refractivity contribution in [1.82, 2.24) is 9.88 Å². The van der Waals surface area contributed by atoms with Gasteiger partial charge in [0.15, 0.2) is 0 Å². The fourth-order valence-corrected chi connectivity index (χ4v) is 2.83. The molecule has 0 amide bonds. The molecule has 4 nitrogen and oxygen atoms in total. The Kier molecular flexibility index (Phi) is 6.45. The van der Waals surface area contributed by atoms with Crippen LogP contribution in [-0.4, -0.2) is 34.0 Å². The largest absolute Gasteiger partial charge is 0.481 e. The van der Waals surface area contributed by atoms with Crippen molar-refractivity contribution < 1.29 is 9.90 Å². The van der Waals surface area contributed by atoms with Crippen LogP contribution in [0, 0.1) is 0 Å². The van der Waals surface area contributed by atoms with E-state index in [1.807, 2.05) is 19.1 Å². The van der Waals surface area contributed by atoms with Gasteiger partial charge in [-0.25, -0.2) is 4.98 Å². The van der Waals surface area contributed by atoms with E-state index in [4.69, 9.17) is 5.11 Å². The van der Waals surface area contributed by atoms with Gasteiger partial charge in [0.25, 0.3) is 0 Å². The third-order valence-corrected chi connectivity index (χ3v) is 3.81. The summed E-state index contributed by atoms with van der Waals surface area (Å²) in [4.78, 5) is 18.5. The van der Waals surface area contributed by atoms with Gasteiger partial charge >= 0.3 is 5.97 Å². The number of carbonyl (C=O) groups is 1. The van der Waals surface area contributed by atoms with Crippen LogP contribution in [0.2, 0.25) is 0 Å². The Morgan fingerprint density at radius 2 is 2.05 bits per heavy atom. The molecular formula is C14H20N2O2S. The van der Waals surface area contributed by atoms with Gasteiger partial charge in [-0.1, -0.05) is 19.1 Å². The lowest BCUT2D eigenvalue weighted by molar-refractivity contribution is -0.136. The minimum Gasteiger partial charge on any atom is -0.481 e. The standard InChI is InChI=1S/C14H20N2O2S/c1-4-7-16(8-5-2)10-12-11(9-14(17)18)15-13(6-3)19-12/h4-5H,1-2,6-10H2,3H3,(H,17,18). The minimum absolute atomic E-state index is 0.0121. The maximum absolute atomic E-state index is 10.9. The quantitative estimate of drug-likeness (QED) is 0.706. The second kappa shape index (κ2) is 7.86. The van der Waals surface area contributed by atoms with Crippen molar-refractivity contribution >= 4 is 17.3 Å². The Morgan fingerprint density at radius 1 is 1.42 bits per heavy atom. The molecule has 0 aliphatic carbocycles. The number of aromatic nitrogens is 1. The van der Waals surface area contributed by atoms with Crippen LogP contribution in [0.25, 0.3) is 0 Å². The Bertz CT molecular complexity index is 444. The van der Waals surface area contributed by atoms with Gasteiger partial charge in [-0.3, -0.25) is 9.69 Å². The summed E-state index contributed by atoms with van der Waals surface area (Å²) in [6.07, 6.45) is 4.49. The lowest BCUT2D eigenvalue weighted by atomic mass is 10.2. The first-order chi connectivity index (χ1) is 9.10. The molecule has 0 aliphatic rings. The zero-order valence-electron chi connectivity index (χ0n) is 11.3. The van der Waals surface area contributed by atoms with Crippen LogP contribution in [0.4, 0.5) is 0 Å². The van der Waals surface area contributed by atoms with Crippen molar-refractivity contribution in [2.75, 3.05) is 13.1 Å². The smallest absolute Gasteiger partial charge is 0.309 e. The van der Waals surface area contributed by atoms with Gasteiger partial charge in [0.2, 0.25) is 0 Å². The van der Waals surface area contributed by atoms with Crippen LogP contribution >= 0.6 is 11.3 Å². The Hall–Kier alpha value is -1.46. The summed E-state index contributed by atoms with van der Waals surface area (Å²) in [7, 11) is 0. The third kappa shape index (κ3) is 4.96. The van der Waals surface area contributed by atoms with Gasteiger partial charge in [-0.2, -0.15) is 0 Å². The second-order valence-corrected chi connectivity index (χ2v) is 5.34. The van der Waals surface area contributed by atoms with Gasteiger partial charge in [0.05, 0.1) is 17.1 Å². The van der Waals surface area contributed by atoms with Crippen molar-refractivity contribution in [3.8, 4) is 0 Å². The number of rotatable bonds is 9. The molecule has 1 aromatic heterocycles. The minimum atomic E-state index is -0.840. The molecule has 104 valence electrons. The molecule has 1 rings (SSSR count). The Labute approximate surface area is 118 Å². The number of aliphatic carboxylic acids is 1. The van der Waals surface area contributed by atoms with Gasteiger partial charge in [-0.05, 0) is 6.42 Å². The number of carboxylic acid groups (broad SMARTS) is 1. The summed E-state index contributed by atoms with van der Waals surface area (Å²) in [5.41, 5.74) is 0.687. The molecule has 5 heteroatoms. The van der Waals surface area contributed by atoms with Crippen LogP contribution < -0.4 is 0 Å². The van der Waals surface area contributed by atoms with E-state index in [9.17, 15) is 4.79 Å². The lowest BCUT2D eigenvalue weighted by Gasteiger charge is -2.17. The predicted octanol–water partition coefficient (Wildman–Crippen LogP) is 2.51. The third-order valence-electron chi connectivity index (χ3n) is 2.59. The predicted molar refractivity (Wildman–Crippen MR) is 78.5 cm³/mol. The van der Waals surface area contributed by atoms with E-state index in [1.165, 1.54) is 0 Å². The molecule has 0 spiro atoms. The summed E-state index contributed by atoms with van der Waals surface area (Å²) in [6, 6.07) is 0. The van der Waals surface area contributed by atoms with E-state index in [-0.39, 0.29) is 6.42 Å². The molecule has 0 atom stereocenters. The van der Waals surface area contributed by atoms with Crippen LogP contribution in [-0.2, 0) is 24.2 Å². The van der Waals surface area contributed by atoms with Crippen molar-refractivity contribution in [1.29, 1.82) is 0 Å². The van der Waals surface area contributed by atoms with Crippen molar-refractivity contribution in [3.05, 3.63) is 40.9 Å². The molecule has 0 unspecified atom stereocenters. The summed E-state index contributed by atoms with van der Waals surface area (Å²) in [5.74, 6) is -0.840. The normalized spacial score (nSPS) is 10.6. The van der Waals surface area contributed by atoms with E-state index < -0.39 is 5.97 Å². The molecule has 0 saturated heterocycles. The van der Waals surface area contributed by atoms with E-state index in [2.05, 4.69) is 23.0 Å². The molecule has 0 aliphatic heterocycles. The number of hydrogen-bond acceptors (Lipinski definition) is 4. The molecule has 0 fully saturated rings. The van der Waals surface area contributed by atoms with Crippen molar-refractivity contribution in [2.24, 2.45) is 0 Å². The molecule has 0 radical (unpaired) electrons. The van der Waals surface area contributed by atoms with Gasteiger partial charge in [0.1, 0.15) is 0 Å². The molecule has 0 saturated carbocycles. The fourth-order valence-electron chi connectivity index (χ4n) is 1.76. The molecule has 19 heavy (non-hydrogen) atoms. The average Bonchev–Trinajstić information content (AvgIpc) is 2.71. The number of thiazole rings is 1. The van der Waals surface area contributed by atoms with E-state index in [0.29, 0.717) is 12.2 Å². The summed E-state index contributed by atoms with van der Waals surface area (Å²) < 4.78 is 0. The summed E-state index contributed by atoms with van der Waals surface area (Å²) >= 11 is 1.60. The SMILES string of the molecule is C=CCN(CC=C)Cc1sc(CC)nc1CC(=O)O. The van der Waals surface area contributed by atoms with E-state index >= 15 is 0 Å². The first-order valence-electron chi connectivity index (χ1n) is 6.24.